The number of urea groups is 1. The molecule has 0 spiro atoms. The molecule has 0 radical (unpaired) electrons. The summed E-state index contributed by atoms with van der Waals surface area (Å²) in [6, 6.07) is 0.0553. The van der Waals surface area contributed by atoms with Gasteiger partial charge in [-0.3, -0.25) is 0 Å². The number of nitrogens with one attached hydrogen (secondary N) is 1. The number of nitrogens with zero attached hydrogens (tertiary/aromatic N) is 1. The molecule has 2 fully saturated rings. The largest absolute Gasteiger partial charge is 0.347 e. The Bertz CT molecular complexity index is 303. The molecule has 2 amide bonds. The number of piperidine rings is 1. The van der Waals surface area contributed by atoms with Crippen molar-refractivity contribution in [1.82, 2.24) is 10.2 Å². The maximum absolute atomic E-state index is 12.1. The van der Waals surface area contributed by atoms with Crippen molar-refractivity contribution in [3.05, 3.63) is 0 Å². The predicted octanol–water partition coefficient (Wildman–Crippen LogP) is 1.97. The lowest BCUT2D eigenvalue weighted by Gasteiger charge is -2.39. The molecule has 0 aromatic heterocycles. The van der Waals surface area contributed by atoms with E-state index in [9.17, 15) is 4.79 Å². The first-order valence-corrected chi connectivity index (χ1v) is 7.46. The second-order valence-corrected chi connectivity index (χ2v) is 5.58. The highest BCUT2D eigenvalue weighted by atomic mass is 16.7. The highest BCUT2D eigenvalue weighted by molar-refractivity contribution is 5.74. The summed E-state index contributed by atoms with van der Waals surface area (Å²) in [5, 5.41) is 2.98. The second kappa shape index (κ2) is 6.57. The Balaban J connectivity index is 1.84. The molecule has 0 aliphatic carbocycles. The molecule has 2 aliphatic heterocycles. The van der Waals surface area contributed by atoms with Gasteiger partial charge in [-0.1, -0.05) is 13.3 Å². The molecule has 1 atom stereocenters. The Morgan fingerprint density at radius 3 is 2.84 bits per heavy atom. The van der Waals surface area contributed by atoms with Gasteiger partial charge in [-0.2, -0.15) is 0 Å². The van der Waals surface area contributed by atoms with E-state index >= 15 is 0 Å². The predicted molar refractivity (Wildman–Crippen MR) is 72.9 cm³/mol. The first kappa shape index (κ1) is 14.6. The van der Waals surface area contributed by atoms with Gasteiger partial charge in [0.2, 0.25) is 0 Å². The summed E-state index contributed by atoms with van der Waals surface area (Å²) in [6.07, 6.45) is 4.22. The molecule has 5 heteroatoms. The van der Waals surface area contributed by atoms with Crippen molar-refractivity contribution in [2.24, 2.45) is 5.92 Å². The van der Waals surface area contributed by atoms with Crippen molar-refractivity contribution in [3.63, 3.8) is 0 Å². The molecule has 2 heterocycles. The van der Waals surface area contributed by atoms with Gasteiger partial charge in [-0.05, 0) is 26.2 Å². The standard InChI is InChI=1S/C14H26N2O3/c1-3-4-7-15-13(17)16-8-5-6-12(11-16)14(2)18-9-10-19-14/h12H,3-11H2,1-2H3,(H,15,17)/t12-/m1/s1. The van der Waals surface area contributed by atoms with Crippen LogP contribution in [0.15, 0.2) is 0 Å². The van der Waals surface area contributed by atoms with Crippen LogP contribution in [0.3, 0.4) is 0 Å². The van der Waals surface area contributed by atoms with Gasteiger partial charge in [0, 0.05) is 25.6 Å². The molecule has 2 aliphatic rings. The molecule has 0 aromatic rings. The lowest BCUT2D eigenvalue weighted by atomic mass is 9.90. The van der Waals surface area contributed by atoms with E-state index < -0.39 is 5.79 Å². The van der Waals surface area contributed by atoms with Crippen LogP contribution >= 0.6 is 0 Å². The van der Waals surface area contributed by atoms with E-state index in [1.807, 2.05) is 11.8 Å². The number of amides is 2. The third kappa shape index (κ3) is 3.60. The van der Waals surface area contributed by atoms with E-state index in [0.29, 0.717) is 13.2 Å². The van der Waals surface area contributed by atoms with Crippen molar-refractivity contribution in [1.29, 1.82) is 0 Å². The summed E-state index contributed by atoms with van der Waals surface area (Å²) in [5.74, 6) is -0.219. The SMILES string of the molecule is CCCCNC(=O)N1CCC[C@@H](C2(C)OCCO2)C1. The van der Waals surface area contributed by atoms with Gasteiger partial charge in [-0.25, -0.2) is 4.79 Å². The quantitative estimate of drug-likeness (QED) is 0.795. The smallest absolute Gasteiger partial charge is 0.317 e. The number of hydrogen-bond donors (Lipinski definition) is 1. The van der Waals surface area contributed by atoms with Crippen LogP contribution in [0.25, 0.3) is 0 Å². The van der Waals surface area contributed by atoms with Crippen LogP contribution in [0.1, 0.15) is 39.5 Å². The van der Waals surface area contributed by atoms with Crippen molar-refractivity contribution in [3.8, 4) is 0 Å². The third-order valence-electron chi connectivity index (χ3n) is 4.12. The average molecular weight is 270 g/mol. The maximum Gasteiger partial charge on any atom is 0.317 e. The van der Waals surface area contributed by atoms with Gasteiger partial charge >= 0.3 is 6.03 Å². The lowest BCUT2D eigenvalue weighted by molar-refractivity contribution is -0.189. The van der Waals surface area contributed by atoms with Crippen LogP contribution < -0.4 is 5.32 Å². The Morgan fingerprint density at radius 1 is 1.42 bits per heavy atom. The summed E-state index contributed by atoms with van der Waals surface area (Å²) >= 11 is 0. The minimum atomic E-state index is -0.498. The average Bonchev–Trinajstić information content (AvgIpc) is 2.87. The monoisotopic (exact) mass is 270 g/mol. The summed E-state index contributed by atoms with van der Waals surface area (Å²) in [7, 11) is 0. The summed E-state index contributed by atoms with van der Waals surface area (Å²) in [4.78, 5) is 14.0. The van der Waals surface area contributed by atoms with Crippen molar-refractivity contribution < 1.29 is 14.3 Å². The van der Waals surface area contributed by atoms with E-state index in [-0.39, 0.29) is 11.9 Å². The number of rotatable bonds is 4. The second-order valence-electron chi connectivity index (χ2n) is 5.58. The van der Waals surface area contributed by atoms with Crippen LogP contribution in [0.2, 0.25) is 0 Å². The van der Waals surface area contributed by atoms with Gasteiger partial charge in [0.1, 0.15) is 0 Å². The molecule has 0 saturated carbocycles. The number of carbonyl (C=O) groups excluding carboxylic acids is 1. The van der Waals surface area contributed by atoms with Crippen LogP contribution in [-0.4, -0.2) is 49.6 Å². The Labute approximate surface area is 115 Å². The molecule has 5 nitrogen and oxygen atoms in total. The van der Waals surface area contributed by atoms with Gasteiger partial charge in [0.25, 0.3) is 0 Å². The number of carbonyl (C=O) groups is 1. The number of hydrogen-bond acceptors (Lipinski definition) is 3. The fraction of sp³-hybridized carbons (Fsp3) is 0.929. The molecule has 0 bridgehead atoms. The maximum atomic E-state index is 12.1. The first-order valence-electron chi connectivity index (χ1n) is 7.46. The zero-order valence-electron chi connectivity index (χ0n) is 12.1. The minimum absolute atomic E-state index is 0.0553. The van der Waals surface area contributed by atoms with E-state index in [0.717, 1.165) is 45.3 Å². The molecular weight excluding hydrogens is 244 g/mol. The third-order valence-corrected chi connectivity index (χ3v) is 4.12. The number of unbranched alkanes of at least 4 members (excludes halogenated alkanes) is 1. The molecule has 19 heavy (non-hydrogen) atoms. The minimum Gasteiger partial charge on any atom is -0.347 e. The van der Waals surface area contributed by atoms with E-state index in [1.54, 1.807) is 0 Å². The summed E-state index contributed by atoms with van der Waals surface area (Å²) in [6.45, 7) is 7.78. The lowest BCUT2D eigenvalue weighted by Crippen LogP contribution is -2.51. The Hall–Kier alpha value is -0.810. The van der Waals surface area contributed by atoms with Crippen LogP contribution in [0, 0.1) is 5.92 Å². The Morgan fingerprint density at radius 2 is 2.16 bits per heavy atom. The van der Waals surface area contributed by atoms with Crippen LogP contribution in [0.5, 0.6) is 0 Å². The van der Waals surface area contributed by atoms with Gasteiger partial charge in [0.15, 0.2) is 5.79 Å². The first-order chi connectivity index (χ1) is 9.15. The number of ether oxygens (including phenoxy) is 2. The molecule has 0 aromatic carbocycles. The molecule has 0 unspecified atom stereocenters. The topological polar surface area (TPSA) is 50.8 Å². The number of likely N-dealkylation sites (tertiary alicyclic amines) is 1. The molecule has 1 N–H and O–H groups in total. The van der Waals surface area contributed by atoms with Gasteiger partial charge in [-0.15, -0.1) is 0 Å². The summed E-state index contributed by atoms with van der Waals surface area (Å²) < 4.78 is 11.5. The van der Waals surface area contributed by atoms with E-state index in [1.165, 1.54) is 0 Å². The summed E-state index contributed by atoms with van der Waals surface area (Å²) in [5.41, 5.74) is 0. The molecular formula is C14H26N2O3. The van der Waals surface area contributed by atoms with Crippen molar-refractivity contribution in [2.75, 3.05) is 32.8 Å². The molecule has 2 saturated heterocycles. The van der Waals surface area contributed by atoms with Crippen LogP contribution in [-0.2, 0) is 9.47 Å². The highest BCUT2D eigenvalue weighted by Crippen LogP contribution is 2.33. The molecule has 2 rings (SSSR count). The van der Waals surface area contributed by atoms with E-state index in [2.05, 4.69) is 12.2 Å². The zero-order valence-corrected chi connectivity index (χ0v) is 12.1. The normalized spacial score (nSPS) is 26.4. The fourth-order valence-corrected chi connectivity index (χ4v) is 2.84. The van der Waals surface area contributed by atoms with Crippen molar-refractivity contribution in [2.45, 2.75) is 45.3 Å². The van der Waals surface area contributed by atoms with Crippen molar-refractivity contribution >= 4 is 6.03 Å². The van der Waals surface area contributed by atoms with Gasteiger partial charge in [0.05, 0.1) is 13.2 Å². The fourth-order valence-electron chi connectivity index (χ4n) is 2.84. The van der Waals surface area contributed by atoms with Crippen LogP contribution in [0.4, 0.5) is 4.79 Å². The zero-order chi connectivity index (χ0) is 13.7. The molecule has 110 valence electrons. The van der Waals surface area contributed by atoms with E-state index in [4.69, 9.17) is 9.47 Å². The highest BCUT2D eigenvalue weighted by Gasteiger charge is 2.42. The Kier molecular flexibility index (Phi) is 5.05. The van der Waals surface area contributed by atoms with Gasteiger partial charge < -0.3 is 19.7 Å².